The predicted molar refractivity (Wildman–Crippen MR) is 79.1 cm³/mol. The Hall–Kier alpha value is -1.51. The summed E-state index contributed by atoms with van der Waals surface area (Å²) in [6.45, 7) is 2.48. The summed E-state index contributed by atoms with van der Waals surface area (Å²) in [7, 11) is 0. The summed E-state index contributed by atoms with van der Waals surface area (Å²) in [5.41, 5.74) is 0.989. The Morgan fingerprint density at radius 2 is 1.89 bits per heavy atom. The summed E-state index contributed by atoms with van der Waals surface area (Å²) >= 11 is 0. The maximum atomic E-state index is 11.9. The number of amides is 1. The second-order valence-electron chi connectivity index (χ2n) is 5.47. The largest absolute Gasteiger partial charge is 0.376 e. The highest BCUT2D eigenvalue weighted by Crippen LogP contribution is 2.26. The lowest BCUT2D eigenvalue weighted by Crippen LogP contribution is -2.41. The van der Waals surface area contributed by atoms with Gasteiger partial charge in [-0.05, 0) is 37.8 Å². The van der Waals surface area contributed by atoms with Crippen molar-refractivity contribution in [3.05, 3.63) is 30.3 Å². The molecule has 1 aromatic rings. The van der Waals surface area contributed by atoms with Crippen molar-refractivity contribution in [1.29, 1.82) is 0 Å². The molecular formula is C16H24N2O. The van der Waals surface area contributed by atoms with Crippen molar-refractivity contribution in [2.75, 3.05) is 11.9 Å². The van der Waals surface area contributed by atoms with Gasteiger partial charge >= 0.3 is 0 Å². The van der Waals surface area contributed by atoms with Gasteiger partial charge in [0.15, 0.2) is 0 Å². The molecule has 1 aliphatic rings. The fourth-order valence-electron chi connectivity index (χ4n) is 2.80. The van der Waals surface area contributed by atoms with Crippen molar-refractivity contribution in [2.45, 2.75) is 45.1 Å². The summed E-state index contributed by atoms with van der Waals surface area (Å²) in [6.07, 6.45) is 6.49. The highest BCUT2D eigenvalue weighted by Gasteiger charge is 2.21. The number of para-hydroxylation sites is 1. The third kappa shape index (κ3) is 4.58. The average Bonchev–Trinajstić information content (AvgIpc) is 2.47. The van der Waals surface area contributed by atoms with Gasteiger partial charge in [-0.15, -0.1) is 0 Å². The molecule has 2 rings (SSSR count). The van der Waals surface area contributed by atoms with Crippen LogP contribution in [0.2, 0.25) is 0 Å². The fraction of sp³-hybridized carbons (Fsp3) is 0.562. The first-order chi connectivity index (χ1) is 9.25. The van der Waals surface area contributed by atoms with Crippen LogP contribution >= 0.6 is 0 Å². The van der Waals surface area contributed by atoms with Crippen LogP contribution in [0.5, 0.6) is 0 Å². The molecule has 19 heavy (non-hydrogen) atoms. The molecule has 1 saturated carbocycles. The number of benzene rings is 1. The molecule has 0 aliphatic heterocycles. The molecule has 1 atom stereocenters. The number of anilines is 1. The molecule has 1 aliphatic carbocycles. The van der Waals surface area contributed by atoms with Gasteiger partial charge in [0, 0.05) is 11.7 Å². The Bertz CT molecular complexity index is 385. The molecule has 0 spiro atoms. The first-order valence-electron chi connectivity index (χ1n) is 7.34. The zero-order valence-electron chi connectivity index (χ0n) is 11.7. The van der Waals surface area contributed by atoms with E-state index in [4.69, 9.17) is 0 Å². The van der Waals surface area contributed by atoms with Gasteiger partial charge in [-0.2, -0.15) is 0 Å². The van der Waals surface area contributed by atoms with Crippen LogP contribution in [0.4, 0.5) is 5.69 Å². The van der Waals surface area contributed by atoms with E-state index in [9.17, 15) is 4.79 Å². The summed E-state index contributed by atoms with van der Waals surface area (Å²) in [4.78, 5) is 11.9. The number of carbonyl (C=O) groups excluding carboxylic acids is 1. The van der Waals surface area contributed by atoms with Crippen LogP contribution in [0.25, 0.3) is 0 Å². The monoisotopic (exact) mass is 260 g/mol. The minimum Gasteiger partial charge on any atom is -0.376 e. The van der Waals surface area contributed by atoms with E-state index in [2.05, 4.69) is 17.6 Å². The quantitative estimate of drug-likeness (QED) is 0.853. The normalized spacial score (nSPS) is 17.7. The second kappa shape index (κ2) is 7.17. The Labute approximate surface area is 115 Å². The van der Waals surface area contributed by atoms with Gasteiger partial charge in [0.2, 0.25) is 5.91 Å². The smallest absolute Gasteiger partial charge is 0.239 e. The third-order valence-corrected chi connectivity index (χ3v) is 3.97. The van der Waals surface area contributed by atoms with Crippen LogP contribution in [0.15, 0.2) is 30.3 Å². The lowest BCUT2D eigenvalue weighted by atomic mass is 9.84. The zero-order valence-corrected chi connectivity index (χ0v) is 11.7. The molecule has 1 aromatic carbocycles. The minimum absolute atomic E-state index is 0.0851. The Morgan fingerprint density at radius 1 is 1.21 bits per heavy atom. The molecule has 104 valence electrons. The maximum absolute atomic E-state index is 11.9. The van der Waals surface area contributed by atoms with Crippen LogP contribution < -0.4 is 10.6 Å². The topological polar surface area (TPSA) is 41.1 Å². The molecule has 2 N–H and O–H groups in total. The summed E-state index contributed by atoms with van der Waals surface area (Å²) in [6, 6.07) is 10.1. The Morgan fingerprint density at radius 3 is 2.58 bits per heavy atom. The molecule has 3 nitrogen and oxygen atoms in total. The predicted octanol–water partition coefficient (Wildman–Crippen LogP) is 3.18. The van der Waals surface area contributed by atoms with E-state index in [-0.39, 0.29) is 5.91 Å². The van der Waals surface area contributed by atoms with Crippen molar-refractivity contribution >= 4 is 11.6 Å². The van der Waals surface area contributed by atoms with E-state index in [0.29, 0.717) is 18.5 Å². The molecule has 0 bridgehead atoms. The Kier molecular flexibility index (Phi) is 5.25. The molecule has 0 radical (unpaired) electrons. The maximum Gasteiger partial charge on any atom is 0.239 e. The van der Waals surface area contributed by atoms with Gasteiger partial charge in [0.1, 0.15) is 0 Å². The lowest BCUT2D eigenvalue weighted by molar-refractivity contribution is -0.120. The van der Waals surface area contributed by atoms with Crippen molar-refractivity contribution in [3.63, 3.8) is 0 Å². The van der Waals surface area contributed by atoms with Crippen LogP contribution in [0, 0.1) is 5.92 Å². The van der Waals surface area contributed by atoms with Crippen LogP contribution in [0.1, 0.15) is 39.0 Å². The standard InChI is InChI=1S/C16H24N2O/c1-13(14-8-4-2-5-9-14)18-16(19)12-17-15-10-6-3-7-11-15/h3,6-7,10-11,13-14,17H,2,4-5,8-9,12H2,1H3,(H,18,19)/t13-/m0/s1. The molecule has 0 heterocycles. The van der Waals surface area contributed by atoms with Gasteiger partial charge in [0.05, 0.1) is 6.54 Å². The molecule has 1 amide bonds. The van der Waals surface area contributed by atoms with Gasteiger partial charge in [-0.3, -0.25) is 4.79 Å². The highest BCUT2D eigenvalue weighted by atomic mass is 16.1. The van der Waals surface area contributed by atoms with Gasteiger partial charge in [-0.1, -0.05) is 37.5 Å². The molecule has 0 aromatic heterocycles. The second-order valence-corrected chi connectivity index (χ2v) is 5.47. The average molecular weight is 260 g/mol. The minimum atomic E-state index is 0.0851. The first-order valence-corrected chi connectivity index (χ1v) is 7.34. The van der Waals surface area contributed by atoms with E-state index in [1.165, 1.54) is 32.1 Å². The van der Waals surface area contributed by atoms with Gasteiger partial charge < -0.3 is 10.6 Å². The molecule has 0 unspecified atom stereocenters. The van der Waals surface area contributed by atoms with Crippen LogP contribution in [-0.2, 0) is 4.79 Å². The third-order valence-electron chi connectivity index (χ3n) is 3.97. The van der Waals surface area contributed by atoms with E-state index < -0.39 is 0 Å². The molecule has 0 saturated heterocycles. The number of nitrogens with one attached hydrogen (secondary N) is 2. The molecule has 1 fully saturated rings. The fourth-order valence-corrected chi connectivity index (χ4v) is 2.80. The summed E-state index contributed by atoms with van der Waals surface area (Å²) in [5, 5.41) is 6.26. The van der Waals surface area contributed by atoms with E-state index in [0.717, 1.165) is 5.69 Å². The molecule has 3 heteroatoms. The van der Waals surface area contributed by atoms with Crippen molar-refractivity contribution in [3.8, 4) is 0 Å². The number of rotatable bonds is 5. The van der Waals surface area contributed by atoms with Crippen molar-refractivity contribution < 1.29 is 4.79 Å². The summed E-state index contributed by atoms with van der Waals surface area (Å²) in [5.74, 6) is 0.747. The van der Waals surface area contributed by atoms with Crippen LogP contribution in [-0.4, -0.2) is 18.5 Å². The SMILES string of the molecule is C[C@H](NC(=O)CNc1ccccc1)C1CCCCC1. The Balaban J connectivity index is 1.71. The number of hydrogen-bond donors (Lipinski definition) is 2. The molecular weight excluding hydrogens is 236 g/mol. The zero-order chi connectivity index (χ0) is 13.5. The van der Waals surface area contributed by atoms with Gasteiger partial charge in [-0.25, -0.2) is 0 Å². The van der Waals surface area contributed by atoms with Crippen LogP contribution in [0.3, 0.4) is 0 Å². The first kappa shape index (κ1) is 13.9. The van der Waals surface area contributed by atoms with Crippen molar-refractivity contribution in [2.24, 2.45) is 5.92 Å². The van der Waals surface area contributed by atoms with Gasteiger partial charge in [0.25, 0.3) is 0 Å². The summed E-state index contributed by atoms with van der Waals surface area (Å²) < 4.78 is 0. The van der Waals surface area contributed by atoms with E-state index in [1.54, 1.807) is 0 Å². The number of carbonyl (C=O) groups is 1. The van der Waals surface area contributed by atoms with Crippen molar-refractivity contribution in [1.82, 2.24) is 5.32 Å². The van der Waals surface area contributed by atoms with E-state index >= 15 is 0 Å². The highest BCUT2D eigenvalue weighted by molar-refractivity contribution is 5.80. The lowest BCUT2D eigenvalue weighted by Gasteiger charge is -2.28. The number of hydrogen-bond acceptors (Lipinski definition) is 2. The van der Waals surface area contributed by atoms with E-state index in [1.807, 2.05) is 30.3 Å².